The largest absolute Gasteiger partial charge is 0.493 e. The van der Waals surface area contributed by atoms with Gasteiger partial charge < -0.3 is 18.9 Å². The van der Waals surface area contributed by atoms with E-state index in [9.17, 15) is 0 Å². The Hall–Kier alpha value is -3.21. The summed E-state index contributed by atoms with van der Waals surface area (Å²) in [5.41, 5.74) is 2.05. The fourth-order valence-electron chi connectivity index (χ4n) is 3.55. The predicted octanol–water partition coefficient (Wildman–Crippen LogP) is 3.77. The SMILES string of the molecule is COc1cc2c3ccc(OC)c(OC)c3c3cccc[n+]3c2cc1OC. The van der Waals surface area contributed by atoms with Crippen LogP contribution < -0.4 is 23.3 Å². The molecule has 4 rings (SSSR count). The van der Waals surface area contributed by atoms with Crippen LogP contribution in [0, 0.1) is 0 Å². The standard InChI is InChI=1S/C21H20NO4/c1-23-17-9-8-13-14-11-18(24-2)19(25-3)12-16(14)22-10-6-5-7-15(22)20(13)21(17)26-4/h5-12H,1-4H3/q+1. The Morgan fingerprint density at radius 1 is 0.654 bits per heavy atom. The molecule has 0 aliphatic heterocycles. The molecular weight excluding hydrogens is 330 g/mol. The topological polar surface area (TPSA) is 41.0 Å². The van der Waals surface area contributed by atoms with E-state index in [0.29, 0.717) is 23.0 Å². The summed E-state index contributed by atoms with van der Waals surface area (Å²) in [7, 11) is 6.60. The molecule has 0 bridgehead atoms. The molecule has 5 nitrogen and oxygen atoms in total. The van der Waals surface area contributed by atoms with Crippen LogP contribution in [0.1, 0.15) is 0 Å². The summed E-state index contributed by atoms with van der Waals surface area (Å²) in [6.07, 6.45) is 2.03. The van der Waals surface area contributed by atoms with Crippen LogP contribution in [0.15, 0.2) is 48.7 Å². The molecule has 2 heterocycles. The van der Waals surface area contributed by atoms with E-state index in [1.54, 1.807) is 28.4 Å². The Kier molecular flexibility index (Phi) is 3.92. The zero-order chi connectivity index (χ0) is 18.3. The van der Waals surface area contributed by atoms with Crippen molar-refractivity contribution in [3.63, 3.8) is 0 Å². The lowest BCUT2D eigenvalue weighted by molar-refractivity contribution is -0.480. The second kappa shape index (κ2) is 6.26. The highest BCUT2D eigenvalue weighted by Crippen LogP contribution is 2.41. The lowest BCUT2D eigenvalue weighted by atomic mass is 10.0. The van der Waals surface area contributed by atoms with Gasteiger partial charge in [0.25, 0.3) is 0 Å². The molecule has 0 unspecified atom stereocenters. The number of benzene rings is 2. The number of pyridine rings is 2. The van der Waals surface area contributed by atoms with Crippen molar-refractivity contribution in [1.29, 1.82) is 0 Å². The van der Waals surface area contributed by atoms with Gasteiger partial charge in [-0.25, -0.2) is 0 Å². The van der Waals surface area contributed by atoms with Crippen LogP contribution >= 0.6 is 0 Å². The molecule has 0 N–H and O–H groups in total. The highest BCUT2D eigenvalue weighted by Gasteiger charge is 2.23. The zero-order valence-electron chi connectivity index (χ0n) is 15.2. The maximum absolute atomic E-state index is 5.71. The van der Waals surface area contributed by atoms with Gasteiger partial charge >= 0.3 is 0 Å². The second-order valence-electron chi connectivity index (χ2n) is 5.90. The molecule has 2 aromatic heterocycles. The van der Waals surface area contributed by atoms with Crippen LogP contribution in [0.25, 0.3) is 27.2 Å². The Bertz CT molecular complexity index is 1130. The van der Waals surface area contributed by atoms with Gasteiger partial charge in [0.1, 0.15) is 5.39 Å². The Labute approximate surface area is 151 Å². The molecule has 132 valence electrons. The number of ether oxygens (including phenoxy) is 4. The molecular formula is C21H20NO4+. The van der Waals surface area contributed by atoms with Gasteiger partial charge in [-0.1, -0.05) is 0 Å². The zero-order valence-corrected chi connectivity index (χ0v) is 15.2. The first-order chi connectivity index (χ1) is 12.7. The van der Waals surface area contributed by atoms with Gasteiger partial charge in [-0.15, -0.1) is 0 Å². The average molecular weight is 350 g/mol. The van der Waals surface area contributed by atoms with Gasteiger partial charge in [0.15, 0.2) is 29.2 Å². The molecule has 0 aliphatic carbocycles. The van der Waals surface area contributed by atoms with Crippen molar-refractivity contribution in [1.82, 2.24) is 0 Å². The first-order valence-electron chi connectivity index (χ1n) is 8.26. The first-order valence-corrected chi connectivity index (χ1v) is 8.26. The highest BCUT2D eigenvalue weighted by atomic mass is 16.5. The molecule has 0 fully saturated rings. The maximum atomic E-state index is 5.71. The third kappa shape index (κ3) is 2.20. The minimum Gasteiger partial charge on any atom is -0.493 e. The summed E-state index contributed by atoms with van der Waals surface area (Å²) >= 11 is 0. The van der Waals surface area contributed by atoms with E-state index in [1.165, 1.54) is 0 Å². The average Bonchev–Trinajstić information content (AvgIpc) is 2.71. The molecule has 5 heteroatoms. The molecule has 0 radical (unpaired) electrons. The minimum absolute atomic E-state index is 0.687. The number of rotatable bonds is 4. The van der Waals surface area contributed by atoms with E-state index >= 15 is 0 Å². The lowest BCUT2D eigenvalue weighted by Gasteiger charge is -2.13. The second-order valence-corrected chi connectivity index (χ2v) is 5.90. The van der Waals surface area contributed by atoms with Gasteiger partial charge in [-0.05, 0) is 24.3 Å². The summed E-state index contributed by atoms with van der Waals surface area (Å²) < 4.78 is 24.4. The van der Waals surface area contributed by atoms with Crippen molar-refractivity contribution >= 4 is 27.2 Å². The minimum atomic E-state index is 0.687. The molecule has 0 amide bonds. The lowest BCUT2D eigenvalue weighted by Crippen LogP contribution is -2.22. The van der Waals surface area contributed by atoms with E-state index in [4.69, 9.17) is 18.9 Å². The number of aromatic nitrogens is 1. The third-order valence-electron chi connectivity index (χ3n) is 4.71. The van der Waals surface area contributed by atoms with Crippen molar-refractivity contribution in [2.45, 2.75) is 0 Å². The van der Waals surface area contributed by atoms with Crippen LogP contribution in [0.2, 0.25) is 0 Å². The van der Waals surface area contributed by atoms with Crippen molar-refractivity contribution in [3.8, 4) is 23.0 Å². The monoisotopic (exact) mass is 350 g/mol. The molecule has 0 aliphatic rings. The maximum Gasteiger partial charge on any atom is 0.223 e. The van der Waals surface area contributed by atoms with Crippen LogP contribution in [-0.4, -0.2) is 28.4 Å². The third-order valence-corrected chi connectivity index (χ3v) is 4.71. The van der Waals surface area contributed by atoms with E-state index in [0.717, 1.165) is 27.2 Å². The van der Waals surface area contributed by atoms with Gasteiger partial charge in [0.2, 0.25) is 11.0 Å². The Morgan fingerprint density at radius 3 is 2.08 bits per heavy atom. The van der Waals surface area contributed by atoms with Crippen LogP contribution in [-0.2, 0) is 0 Å². The van der Waals surface area contributed by atoms with E-state index in [-0.39, 0.29) is 0 Å². The van der Waals surface area contributed by atoms with Gasteiger partial charge in [0.05, 0.1) is 39.9 Å². The van der Waals surface area contributed by atoms with Crippen molar-refractivity contribution in [2.75, 3.05) is 28.4 Å². The van der Waals surface area contributed by atoms with Crippen molar-refractivity contribution in [2.24, 2.45) is 0 Å². The van der Waals surface area contributed by atoms with E-state index in [2.05, 4.69) is 16.5 Å². The quantitative estimate of drug-likeness (QED) is 0.415. The molecule has 0 saturated heterocycles. The Balaban J connectivity index is 2.31. The summed E-state index contributed by atoms with van der Waals surface area (Å²) in [5, 5.41) is 3.10. The summed E-state index contributed by atoms with van der Waals surface area (Å²) in [6.45, 7) is 0. The number of hydrogen-bond donors (Lipinski definition) is 0. The molecule has 0 atom stereocenters. The van der Waals surface area contributed by atoms with Crippen LogP contribution in [0.4, 0.5) is 0 Å². The predicted molar refractivity (Wildman–Crippen MR) is 101 cm³/mol. The van der Waals surface area contributed by atoms with E-state index in [1.807, 2.05) is 36.5 Å². The van der Waals surface area contributed by atoms with Gasteiger partial charge in [0, 0.05) is 17.5 Å². The molecule has 0 saturated carbocycles. The first kappa shape index (κ1) is 16.3. The molecule has 26 heavy (non-hydrogen) atoms. The fourth-order valence-corrected chi connectivity index (χ4v) is 3.55. The van der Waals surface area contributed by atoms with E-state index < -0.39 is 0 Å². The van der Waals surface area contributed by atoms with Crippen molar-refractivity contribution in [3.05, 3.63) is 48.7 Å². The summed E-state index contributed by atoms with van der Waals surface area (Å²) in [4.78, 5) is 0. The normalized spacial score (nSPS) is 11.1. The van der Waals surface area contributed by atoms with Crippen LogP contribution in [0.5, 0.6) is 23.0 Å². The number of fused-ring (bicyclic) bond motifs is 6. The molecule has 0 spiro atoms. The summed E-state index contributed by atoms with van der Waals surface area (Å²) in [6, 6.07) is 14.1. The van der Waals surface area contributed by atoms with Crippen molar-refractivity contribution < 1.29 is 23.3 Å². The smallest absolute Gasteiger partial charge is 0.223 e. The number of nitrogens with zero attached hydrogens (tertiary/aromatic N) is 1. The van der Waals surface area contributed by atoms with Gasteiger partial charge in [-0.2, -0.15) is 4.40 Å². The Morgan fingerprint density at radius 2 is 1.38 bits per heavy atom. The summed E-state index contributed by atoms with van der Waals surface area (Å²) in [5.74, 6) is 2.79. The van der Waals surface area contributed by atoms with Gasteiger partial charge in [-0.3, -0.25) is 0 Å². The number of methoxy groups -OCH3 is 4. The molecule has 2 aromatic carbocycles. The van der Waals surface area contributed by atoms with Crippen LogP contribution in [0.3, 0.4) is 0 Å². The molecule has 4 aromatic rings. The number of hydrogen-bond acceptors (Lipinski definition) is 4. The highest BCUT2D eigenvalue weighted by molar-refractivity contribution is 6.13. The fraction of sp³-hybridized carbons (Fsp3) is 0.190.